The van der Waals surface area contributed by atoms with Gasteiger partial charge in [0.2, 0.25) is 0 Å². The Morgan fingerprint density at radius 2 is 2.12 bits per heavy atom. The summed E-state index contributed by atoms with van der Waals surface area (Å²) in [5.41, 5.74) is 3.24. The highest BCUT2D eigenvalue weighted by Gasteiger charge is 2.09. The van der Waals surface area contributed by atoms with Crippen molar-refractivity contribution in [1.29, 1.82) is 0 Å². The maximum absolute atomic E-state index is 11.7. The summed E-state index contributed by atoms with van der Waals surface area (Å²) in [4.78, 5) is 11.7. The molecule has 0 saturated heterocycles. The van der Waals surface area contributed by atoms with E-state index in [1.165, 1.54) is 0 Å². The second-order valence-electron chi connectivity index (χ2n) is 3.81. The molecule has 0 fully saturated rings. The van der Waals surface area contributed by atoms with E-state index >= 15 is 0 Å². The van der Waals surface area contributed by atoms with Crippen molar-refractivity contribution in [2.45, 2.75) is 20.3 Å². The van der Waals surface area contributed by atoms with E-state index in [-0.39, 0.29) is 5.63 Å². The number of aryl methyl sites for hydroxylation is 1. The third kappa shape index (κ3) is 1.58. The summed E-state index contributed by atoms with van der Waals surface area (Å²) in [5.74, 6) is 0. The van der Waals surface area contributed by atoms with Crippen LogP contribution in [0.15, 0.2) is 27.4 Å². The molecule has 1 aromatic heterocycles. The van der Waals surface area contributed by atoms with Gasteiger partial charge in [-0.3, -0.25) is 0 Å². The van der Waals surface area contributed by atoms with E-state index < -0.39 is 0 Å². The van der Waals surface area contributed by atoms with Crippen LogP contribution in [0.25, 0.3) is 11.0 Å². The van der Waals surface area contributed by atoms with E-state index in [2.05, 4.69) is 5.32 Å². The summed E-state index contributed by atoms with van der Waals surface area (Å²) in [6.07, 6.45) is 0.702. The quantitative estimate of drug-likeness (QED) is 0.786. The van der Waals surface area contributed by atoms with E-state index in [1.54, 1.807) is 0 Å². The van der Waals surface area contributed by atoms with E-state index in [0.717, 1.165) is 22.2 Å². The fraction of sp³-hybridized carbons (Fsp3) is 0.308. The molecule has 0 aliphatic rings. The van der Waals surface area contributed by atoms with Gasteiger partial charge in [-0.25, -0.2) is 4.79 Å². The minimum absolute atomic E-state index is 0.218. The lowest BCUT2D eigenvalue weighted by Gasteiger charge is -2.07. The Kier molecular flexibility index (Phi) is 2.69. The lowest BCUT2D eigenvalue weighted by atomic mass is 10.0. The third-order valence-electron chi connectivity index (χ3n) is 2.93. The SMILES string of the molecule is CCc1c(C)c2cc(NC)ccc2oc1=O. The molecule has 3 nitrogen and oxygen atoms in total. The first-order chi connectivity index (χ1) is 7.67. The molecule has 0 unspecified atom stereocenters. The third-order valence-corrected chi connectivity index (χ3v) is 2.93. The molecule has 0 atom stereocenters. The Bertz CT molecular complexity index is 584. The Hall–Kier alpha value is -1.77. The lowest BCUT2D eigenvalue weighted by Crippen LogP contribution is -2.09. The zero-order chi connectivity index (χ0) is 11.7. The van der Waals surface area contributed by atoms with E-state index in [1.807, 2.05) is 39.1 Å². The summed E-state index contributed by atoms with van der Waals surface area (Å²) >= 11 is 0. The van der Waals surface area contributed by atoms with Crippen LogP contribution in [0.2, 0.25) is 0 Å². The molecular weight excluding hydrogens is 202 g/mol. The molecular formula is C13H15NO2. The summed E-state index contributed by atoms with van der Waals surface area (Å²) in [6.45, 7) is 3.94. The van der Waals surface area contributed by atoms with Crippen molar-refractivity contribution in [2.24, 2.45) is 0 Å². The summed E-state index contributed by atoms with van der Waals surface area (Å²) < 4.78 is 5.28. The lowest BCUT2D eigenvalue weighted by molar-refractivity contribution is 0.550. The molecule has 0 spiro atoms. The van der Waals surface area contributed by atoms with Crippen LogP contribution >= 0.6 is 0 Å². The molecule has 0 saturated carbocycles. The van der Waals surface area contributed by atoms with Gasteiger partial charge in [0.15, 0.2) is 0 Å². The van der Waals surface area contributed by atoms with Gasteiger partial charge in [0, 0.05) is 23.7 Å². The van der Waals surface area contributed by atoms with Crippen molar-refractivity contribution in [2.75, 3.05) is 12.4 Å². The molecule has 0 amide bonds. The first kappa shape index (κ1) is 10.7. The minimum atomic E-state index is -0.218. The van der Waals surface area contributed by atoms with Crippen LogP contribution in [-0.2, 0) is 6.42 Å². The highest BCUT2D eigenvalue weighted by atomic mass is 16.4. The van der Waals surface area contributed by atoms with Gasteiger partial charge >= 0.3 is 5.63 Å². The van der Waals surface area contributed by atoms with Crippen molar-refractivity contribution in [3.63, 3.8) is 0 Å². The topological polar surface area (TPSA) is 42.2 Å². The van der Waals surface area contributed by atoms with Crippen LogP contribution in [0.1, 0.15) is 18.1 Å². The van der Waals surface area contributed by atoms with Crippen molar-refractivity contribution < 1.29 is 4.42 Å². The molecule has 1 N–H and O–H groups in total. The summed E-state index contributed by atoms with van der Waals surface area (Å²) in [6, 6.07) is 5.73. The maximum atomic E-state index is 11.7. The monoisotopic (exact) mass is 217 g/mol. The highest BCUT2D eigenvalue weighted by molar-refractivity contribution is 5.84. The predicted octanol–water partition coefficient (Wildman–Crippen LogP) is 2.71. The van der Waals surface area contributed by atoms with E-state index in [9.17, 15) is 4.79 Å². The van der Waals surface area contributed by atoms with Crippen molar-refractivity contribution >= 4 is 16.7 Å². The van der Waals surface area contributed by atoms with Crippen molar-refractivity contribution in [3.05, 3.63) is 39.7 Å². The van der Waals surface area contributed by atoms with Crippen LogP contribution in [-0.4, -0.2) is 7.05 Å². The second-order valence-corrected chi connectivity index (χ2v) is 3.81. The van der Waals surface area contributed by atoms with Crippen molar-refractivity contribution in [3.8, 4) is 0 Å². The Balaban J connectivity index is 2.84. The van der Waals surface area contributed by atoms with Gasteiger partial charge in [0.1, 0.15) is 5.58 Å². The number of nitrogens with one attached hydrogen (secondary N) is 1. The van der Waals surface area contributed by atoms with Crippen LogP contribution < -0.4 is 10.9 Å². The van der Waals surface area contributed by atoms with Gasteiger partial charge in [-0.05, 0) is 37.1 Å². The van der Waals surface area contributed by atoms with Gasteiger partial charge in [0.25, 0.3) is 0 Å². The zero-order valence-corrected chi connectivity index (χ0v) is 9.76. The zero-order valence-electron chi connectivity index (χ0n) is 9.76. The maximum Gasteiger partial charge on any atom is 0.339 e. The van der Waals surface area contributed by atoms with Crippen molar-refractivity contribution in [1.82, 2.24) is 0 Å². The average Bonchev–Trinajstić information content (AvgIpc) is 2.29. The number of hydrogen-bond donors (Lipinski definition) is 1. The molecule has 0 aliphatic heterocycles. The minimum Gasteiger partial charge on any atom is -0.423 e. The van der Waals surface area contributed by atoms with E-state index in [4.69, 9.17) is 4.42 Å². The van der Waals surface area contributed by atoms with Gasteiger partial charge in [0.05, 0.1) is 0 Å². The van der Waals surface area contributed by atoms with Gasteiger partial charge in [-0.15, -0.1) is 0 Å². The molecule has 84 valence electrons. The van der Waals surface area contributed by atoms with Crippen LogP contribution in [0.3, 0.4) is 0 Å². The number of rotatable bonds is 2. The molecule has 16 heavy (non-hydrogen) atoms. The van der Waals surface area contributed by atoms with Crippen LogP contribution in [0.5, 0.6) is 0 Å². The van der Waals surface area contributed by atoms with Gasteiger partial charge in [-0.2, -0.15) is 0 Å². The standard InChI is InChI=1S/C13H15NO2/c1-4-10-8(2)11-7-9(14-3)5-6-12(11)16-13(10)15/h5-7,14H,4H2,1-3H3. The van der Waals surface area contributed by atoms with E-state index in [0.29, 0.717) is 12.0 Å². The Labute approximate surface area is 94.1 Å². The highest BCUT2D eigenvalue weighted by Crippen LogP contribution is 2.23. The number of anilines is 1. The smallest absolute Gasteiger partial charge is 0.339 e. The molecule has 2 rings (SSSR count). The Morgan fingerprint density at radius 1 is 1.38 bits per heavy atom. The Morgan fingerprint density at radius 3 is 2.75 bits per heavy atom. The fourth-order valence-electron chi connectivity index (χ4n) is 1.95. The molecule has 1 aromatic carbocycles. The average molecular weight is 217 g/mol. The number of hydrogen-bond acceptors (Lipinski definition) is 3. The first-order valence-corrected chi connectivity index (χ1v) is 5.41. The molecule has 1 heterocycles. The molecule has 2 aromatic rings. The second kappa shape index (κ2) is 4.00. The van der Waals surface area contributed by atoms with Gasteiger partial charge in [-0.1, -0.05) is 6.92 Å². The fourth-order valence-corrected chi connectivity index (χ4v) is 1.95. The molecule has 3 heteroatoms. The predicted molar refractivity (Wildman–Crippen MR) is 66.1 cm³/mol. The normalized spacial score (nSPS) is 10.7. The largest absolute Gasteiger partial charge is 0.423 e. The number of benzene rings is 1. The molecule has 0 bridgehead atoms. The van der Waals surface area contributed by atoms with Crippen LogP contribution in [0, 0.1) is 6.92 Å². The molecule has 0 radical (unpaired) electrons. The summed E-state index contributed by atoms with van der Waals surface area (Å²) in [7, 11) is 1.87. The molecule has 0 aliphatic carbocycles. The first-order valence-electron chi connectivity index (χ1n) is 5.41. The van der Waals surface area contributed by atoms with Gasteiger partial charge < -0.3 is 9.73 Å². The summed E-state index contributed by atoms with van der Waals surface area (Å²) in [5, 5.41) is 4.08. The van der Waals surface area contributed by atoms with Crippen LogP contribution in [0.4, 0.5) is 5.69 Å². The number of fused-ring (bicyclic) bond motifs is 1.